The molecule has 3 aromatic rings. The van der Waals surface area contributed by atoms with Crippen LogP contribution in [0.25, 0.3) is 11.3 Å². The van der Waals surface area contributed by atoms with Crippen LogP contribution in [0.1, 0.15) is 21.6 Å². The van der Waals surface area contributed by atoms with Crippen LogP contribution in [0.3, 0.4) is 0 Å². The van der Waals surface area contributed by atoms with Crippen molar-refractivity contribution in [1.82, 2.24) is 15.1 Å². The number of nitrogens with one attached hydrogen (secondary N) is 1. The molecule has 2 aromatic carbocycles. The maximum Gasteiger partial charge on any atom is 0.573 e. The Morgan fingerprint density at radius 2 is 1.83 bits per heavy atom. The van der Waals surface area contributed by atoms with E-state index in [1.807, 2.05) is 0 Å². The van der Waals surface area contributed by atoms with Gasteiger partial charge in [-0.25, -0.2) is 4.39 Å². The minimum atomic E-state index is -4.77. The summed E-state index contributed by atoms with van der Waals surface area (Å²) in [7, 11) is 1.57. The molecule has 0 saturated carbocycles. The number of H-pyrrole nitrogens is 1. The summed E-state index contributed by atoms with van der Waals surface area (Å²) in [6.45, 7) is 1.86. The van der Waals surface area contributed by atoms with E-state index >= 15 is 0 Å². The average Bonchev–Trinajstić information content (AvgIpc) is 3.13. The Morgan fingerprint density at radius 3 is 2.45 bits per heavy atom. The number of amides is 1. The number of nitrogens with zero attached hydrogens (tertiary/aromatic N) is 2. The molecule has 152 valence electrons. The molecule has 0 fully saturated rings. The molecule has 5 nitrogen and oxygen atoms in total. The highest BCUT2D eigenvalue weighted by Gasteiger charge is 2.31. The largest absolute Gasteiger partial charge is 0.573 e. The number of aryl methyl sites for hydroxylation is 1. The van der Waals surface area contributed by atoms with Crippen molar-refractivity contribution in [2.24, 2.45) is 0 Å². The molecule has 0 spiro atoms. The zero-order valence-corrected chi connectivity index (χ0v) is 15.5. The third kappa shape index (κ3) is 5.13. The van der Waals surface area contributed by atoms with Crippen LogP contribution in [-0.4, -0.2) is 34.4 Å². The van der Waals surface area contributed by atoms with Gasteiger partial charge in [-0.1, -0.05) is 12.1 Å². The molecule has 3 rings (SSSR count). The molecule has 0 aliphatic heterocycles. The zero-order valence-electron chi connectivity index (χ0n) is 15.5. The Bertz CT molecular complexity index is 1010. The van der Waals surface area contributed by atoms with Gasteiger partial charge in [-0.15, -0.1) is 13.2 Å². The lowest BCUT2D eigenvalue weighted by molar-refractivity contribution is -0.274. The molecule has 1 aromatic heterocycles. The number of rotatable bonds is 5. The number of carbonyl (C=O) groups excluding carboxylic acids is 1. The van der Waals surface area contributed by atoms with Crippen LogP contribution in [-0.2, 0) is 6.54 Å². The molecule has 0 atom stereocenters. The van der Waals surface area contributed by atoms with Gasteiger partial charge in [0.05, 0.1) is 5.69 Å². The van der Waals surface area contributed by atoms with E-state index in [4.69, 9.17) is 0 Å². The molecular weight excluding hydrogens is 390 g/mol. The first-order valence-corrected chi connectivity index (χ1v) is 8.54. The molecule has 1 amide bonds. The maximum absolute atomic E-state index is 13.7. The Labute approximate surface area is 163 Å². The number of hydrogen-bond donors (Lipinski definition) is 1. The number of benzene rings is 2. The molecule has 0 unspecified atom stereocenters. The monoisotopic (exact) mass is 407 g/mol. The van der Waals surface area contributed by atoms with Gasteiger partial charge >= 0.3 is 6.36 Å². The van der Waals surface area contributed by atoms with E-state index in [2.05, 4.69) is 14.9 Å². The Balaban J connectivity index is 1.69. The van der Waals surface area contributed by atoms with Crippen LogP contribution in [0.15, 0.2) is 48.5 Å². The van der Waals surface area contributed by atoms with Crippen LogP contribution in [0.2, 0.25) is 0 Å². The quantitative estimate of drug-likeness (QED) is 0.624. The van der Waals surface area contributed by atoms with Gasteiger partial charge < -0.3 is 9.64 Å². The second-order valence-electron chi connectivity index (χ2n) is 6.48. The van der Waals surface area contributed by atoms with Gasteiger partial charge in [0.1, 0.15) is 17.3 Å². The lowest BCUT2D eigenvalue weighted by atomic mass is 10.1. The van der Waals surface area contributed by atoms with Gasteiger partial charge in [-0.3, -0.25) is 9.89 Å². The molecule has 1 N–H and O–H groups in total. The number of alkyl halides is 3. The van der Waals surface area contributed by atoms with Gasteiger partial charge in [-0.05, 0) is 54.4 Å². The van der Waals surface area contributed by atoms with Crippen molar-refractivity contribution in [2.45, 2.75) is 19.8 Å². The van der Waals surface area contributed by atoms with Gasteiger partial charge in [0.2, 0.25) is 0 Å². The lowest BCUT2D eigenvalue weighted by Crippen LogP contribution is -2.26. The molecule has 29 heavy (non-hydrogen) atoms. The normalized spacial score (nSPS) is 11.4. The van der Waals surface area contributed by atoms with E-state index in [1.165, 1.54) is 29.2 Å². The van der Waals surface area contributed by atoms with E-state index in [-0.39, 0.29) is 29.7 Å². The minimum absolute atomic E-state index is 0.200. The third-order valence-corrected chi connectivity index (χ3v) is 4.19. The molecule has 9 heteroatoms. The van der Waals surface area contributed by atoms with Crippen molar-refractivity contribution in [1.29, 1.82) is 0 Å². The fraction of sp³-hybridized carbons (Fsp3) is 0.200. The number of aromatic nitrogens is 2. The van der Waals surface area contributed by atoms with Gasteiger partial charge in [-0.2, -0.15) is 5.10 Å². The van der Waals surface area contributed by atoms with Gasteiger partial charge in [0.25, 0.3) is 5.91 Å². The summed E-state index contributed by atoms with van der Waals surface area (Å²) < 4.78 is 54.2. The summed E-state index contributed by atoms with van der Waals surface area (Å²) in [5, 5.41) is 6.65. The van der Waals surface area contributed by atoms with Crippen molar-refractivity contribution >= 4 is 5.91 Å². The molecular formula is C20H17F4N3O2. The highest BCUT2D eigenvalue weighted by molar-refractivity contribution is 5.93. The summed E-state index contributed by atoms with van der Waals surface area (Å²) in [6, 6.07) is 11.4. The third-order valence-electron chi connectivity index (χ3n) is 4.19. The molecule has 0 bridgehead atoms. The van der Waals surface area contributed by atoms with Crippen molar-refractivity contribution in [3.05, 3.63) is 71.2 Å². The maximum atomic E-state index is 13.7. The SMILES string of the molecule is Cc1ccc(CN(C)C(=O)c2cc(-c3ccc(OC(F)(F)F)cc3)n[nH]2)cc1F. The first-order chi connectivity index (χ1) is 13.6. The molecule has 0 saturated heterocycles. The molecule has 0 aliphatic carbocycles. The summed E-state index contributed by atoms with van der Waals surface area (Å²) in [4.78, 5) is 14.0. The fourth-order valence-electron chi connectivity index (χ4n) is 2.69. The second-order valence-corrected chi connectivity index (χ2v) is 6.48. The van der Waals surface area contributed by atoms with E-state index in [1.54, 1.807) is 26.1 Å². The van der Waals surface area contributed by atoms with E-state index in [9.17, 15) is 22.4 Å². The van der Waals surface area contributed by atoms with Gasteiger partial charge in [0, 0.05) is 19.2 Å². The Morgan fingerprint density at radius 1 is 1.14 bits per heavy atom. The van der Waals surface area contributed by atoms with Crippen LogP contribution in [0.5, 0.6) is 5.75 Å². The number of hydrogen-bond acceptors (Lipinski definition) is 3. The first kappa shape index (κ1) is 20.4. The van der Waals surface area contributed by atoms with Crippen LogP contribution in [0, 0.1) is 12.7 Å². The molecule has 0 aliphatic rings. The average molecular weight is 407 g/mol. The fourth-order valence-corrected chi connectivity index (χ4v) is 2.69. The number of halogens is 4. The zero-order chi connectivity index (χ0) is 21.2. The van der Waals surface area contributed by atoms with Crippen molar-refractivity contribution in [3.8, 4) is 17.0 Å². The number of carbonyl (C=O) groups is 1. The Kier molecular flexibility index (Phi) is 5.58. The predicted octanol–water partition coefficient (Wildman–Crippen LogP) is 4.70. The smallest absolute Gasteiger partial charge is 0.406 e. The summed E-state index contributed by atoms with van der Waals surface area (Å²) in [5.41, 5.74) is 2.27. The summed E-state index contributed by atoms with van der Waals surface area (Å²) in [5.74, 6) is -1.05. The van der Waals surface area contributed by atoms with Crippen LogP contribution < -0.4 is 4.74 Å². The number of aromatic amines is 1. The van der Waals surface area contributed by atoms with Crippen LogP contribution >= 0.6 is 0 Å². The number of ether oxygens (including phenoxy) is 1. The van der Waals surface area contributed by atoms with E-state index in [0.717, 1.165) is 12.1 Å². The second kappa shape index (κ2) is 7.94. The van der Waals surface area contributed by atoms with Crippen molar-refractivity contribution in [3.63, 3.8) is 0 Å². The van der Waals surface area contributed by atoms with E-state index < -0.39 is 6.36 Å². The minimum Gasteiger partial charge on any atom is -0.406 e. The van der Waals surface area contributed by atoms with E-state index in [0.29, 0.717) is 22.4 Å². The Hall–Kier alpha value is -3.36. The highest BCUT2D eigenvalue weighted by atomic mass is 19.4. The summed E-state index contributed by atoms with van der Waals surface area (Å²) >= 11 is 0. The van der Waals surface area contributed by atoms with Gasteiger partial charge in [0.15, 0.2) is 0 Å². The molecule has 0 radical (unpaired) electrons. The standard InChI is InChI=1S/C20H17F4N3O2/c1-12-3-4-13(9-16(12)21)11-27(2)19(28)18-10-17(25-26-18)14-5-7-15(8-6-14)29-20(22,23)24/h3-10H,11H2,1-2H3,(H,25,26). The van der Waals surface area contributed by atoms with Crippen molar-refractivity contribution < 1.29 is 27.1 Å². The summed E-state index contributed by atoms with van der Waals surface area (Å²) in [6.07, 6.45) is -4.77. The first-order valence-electron chi connectivity index (χ1n) is 8.54. The molecule has 1 heterocycles. The van der Waals surface area contributed by atoms with Crippen LogP contribution in [0.4, 0.5) is 17.6 Å². The predicted molar refractivity (Wildman–Crippen MR) is 97.6 cm³/mol. The van der Waals surface area contributed by atoms with Crippen molar-refractivity contribution in [2.75, 3.05) is 7.05 Å². The highest BCUT2D eigenvalue weighted by Crippen LogP contribution is 2.26. The topological polar surface area (TPSA) is 58.2 Å². The lowest BCUT2D eigenvalue weighted by Gasteiger charge is -2.16.